The molecule has 0 aliphatic rings. The summed E-state index contributed by atoms with van der Waals surface area (Å²) >= 11 is 0. The van der Waals surface area contributed by atoms with Crippen LogP contribution in [0, 0.1) is 115 Å². The number of alkyl halides is 6. The zero-order valence-corrected chi connectivity index (χ0v) is 78.4. The van der Waals surface area contributed by atoms with Crippen LogP contribution in [0.3, 0.4) is 0 Å². The molecule has 0 N–H and O–H groups in total. The summed E-state index contributed by atoms with van der Waals surface area (Å²) in [4.78, 5) is 0. The maximum Gasteiger partial charge on any atom is 0.417 e. The van der Waals surface area contributed by atoms with Crippen molar-refractivity contribution < 1.29 is 26.3 Å². The van der Waals surface area contributed by atoms with E-state index in [1.54, 1.807) is 24.3 Å². The molecule has 0 aliphatic heterocycles. The molecule has 8 nitrogen and oxygen atoms in total. The molecule has 0 saturated carbocycles. The van der Waals surface area contributed by atoms with E-state index in [-0.39, 0.29) is 44.5 Å². The number of halogens is 6. The van der Waals surface area contributed by atoms with Crippen LogP contribution in [0.4, 0.5) is 26.3 Å². The Bertz CT molecular complexity index is 9180. The van der Waals surface area contributed by atoms with Crippen LogP contribution in [0.1, 0.15) is 100 Å². The second-order valence-electron chi connectivity index (χ2n) is 37.6. The first-order valence-corrected chi connectivity index (χ1v) is 46.7. The van der Waals surface area contributed by atoms with Gasteiger partial charge in [0.15, 0.2) is 0 Å². The molecule has 140 heavy (non-hydrogen) atoms. The largest absolute Gasteiger partial charge is 0.417 e. The molecule has 0 fully saturated rings. The molecule has 22 aromatic rings. The van der Waals surface area contributed by atoms with Crippen LogP contribution in [0.5, 0.6) is 0 Å². The first-order valence-electron chi connectivity index (χ1n) is 46.7. The summed E-state index contributed by atoms with van der Waals surface area (Å²) in [7, 11) is 0. The predicted molar refractivity (Wildman–Crippen MR) is 557 cm³/mol. The molecule has 674 valence electrons. The van der Waals surface area contributed by atoms with Gasteiger partial charge in [0.05, 0.1) is 112 Å². The lowest BCUT2D eigenvalue weighted by Crippen LogP contribution is -2.10. The van der Waals surface area contributed by atoms with E-state index in [0.717, 1.165) is 222 Å². The molecule has 0 atom stereocenters. The van der Waals surface area contributed by atoms with Crippen LogP contribution < -0.4 is 0 Å². The summed E-state index contributed by atoms with van der Waals surface area (Å²) in [5.41, 5.74) is 30.4. The van der Waals surface area contributed by atoms with Crippen molar-refractivity contribution in [3.8, 4) is 136 Å². The molecule has 0 amide bonds. The molecule has 0 radical (unpaired) electrons. The molecule has 0 saturated heterocycles. The fraction of sp³-hybridized carbons (Fsp3) is 0.111. The second-order valence-corrected chi connectivity index (χ2v) is 37.6. The van der Waals surface area contributed by atoms with Crippen LogP contribution in [-0.4, -0.2) is 18.3 Å². The smallest absolute Gasteiger partial charge is 0.309 e. The Morgan fingerprint density at radius 3 is 0.800 bits per heavy atom. The molecule has 4 heterocycles. The van der Waals surface area contributed by atoms with Gasteiger partial charge in [-0.2, -0.15) is 47.4 Å². The van der Waals surface area contributed by atoms with Crippen LogP contribution in [0.25, 0.3) is 199 Å². The number of fused-ring (bicyclic) bond motifs is 12. The number of aryl methyl sites for hydroxylation is 12. The van der Waals surface area contributed by atoms with Crippen molar-refractivity contribution in [3.05, 3.63) is 428 Å². The van der Waals surface area contributed by atoms with Gasteiger partial charge in [-0.1, -0.05) is 229 Å². The van der Waals surface area contributed by atoms with Gasteiger partial charge in [-0.3, -0.25) is 0 Å². The Morgan fingerprint density at radius 1 is 0.214 bits per heavy atom. The highest BCUT2D eigenvalue weighted by Gasteiger charge is 2.38. The molecule has 0 unspecified atom stereocenters. The van der Waals surface area contributed by atoms with Gasteiger partial charge in [0.2, 0.25) is 0 Å². The van der Waals surface area contributed by atoms with Gasteiger partial charge in [-0.05, 0) is 326 Å². The number of rotatable bonds is 15. The van der Waals surface area contributed by atoms with Crippen molar-refractivity contribution in [2.45, 2.75) is 94.4 Å². The highest BCUT2D eigenvalue weighted by molar-refractivity contribution is 6.16. The van der Waals surface area contributed by atoms with E-state index in [0.29, 0.717) is 46.6 Å². The number of hydrogen-bond donors (Lipinski definition) is 0. The summed E-state index contributed by atoms with van der Waals surface area (Å²) < 4.78 is 104. The lowest BCUT2D eigenvalue weighted by atomic mass is 9.93. The summed E-state index contributed by atoms with van der Waals surface area (Å²) in [5, 5.41) is 51.0. The summed E-state index contributed by atoms with van der Waals surface area (Å²) in [6.45, 7) is 20.8. The monoisotopic (exact) mass is 1830 g/mol. The number of benzene rings is 18. The van der Waals surface area contributed by atoms with Gasteiger partial charge in [0.1, 0.15) is 12.1 Å². The number of nitriles is 4. The van der Waals surface area contributed by atoms with Gasteiger partial charge in [-0.25, -0.2) is 0 Å². The topological polar surface area (TPSA) is 115 Å². The average molecular weight is 1830 g/mol. The minimum atomic E-state index is -4.92. The van der Waals surface area contributed by atoms with Crippen LogP contribution in [0.2, 0.25) is 0 Å². The van der Waals surface area contributed by atoms with Crippen molar-refractivity contribution in [2.75, 3.05) is 0 Å². The minimum absolute atomic E-state index is 0.144. The van der Waals surface area contributed by atoms with Gasteiger partial charge in [-0.15, -0.1) is 0 Å². The first kappa shape index (κ1) is 88.0. The summed E-state index contributed by atoms with van der Waals surface area (Å²) in [6.07, 6.45) is -8.38. The summed E-state index contributed by atoms with van der Waals surface area (Å²) in [6, 6.07) is 115. The number of para-hydroxylation sites is 2. The maximum absolute atomic E-state index is 16.2. The lowest BCUT2D eigenvalue weighted by molar-refractivity contribution is -0.137. The van der Waals surface area contributed by atoms with Gasteiger partial charge < -0.3 is 18.3 Å². The summed E-state index contributed by atoms with van der Waals surface area (Å²) in [5.74, 6) is 0. The molecule has 22 rings (SSSR count). The Balaban J connectivity index is 0.631. The van der Waals surface area contributed by atoms with E-state index in [1.165, 1.54) is 24.3 Å². The Kier molecular flexibility index (Phi) is 21.3. The molecule has 0 spiro atoms. The maximum atomic E-state index is 16.2. The van der Waals surface area contributed by atoms with Crippen molar-refractivity contribution in [2.24, 2.45) is 0 Å². The van der Waals surface area contributed by atoms with Crippen molar-refractivity contribution in [1.29, 1.82) is 21.0 Å². The van der Waals surface area contributed by atoms with Crippen LogP contribution in [-0.2, 0) is 25.2 Å². The molecule has 18 aromatic carbocycles. The van der Waals surface area contributed by atoms with Gasteiger partial charge in [0.25, 0.3) is 0 Å². The van der Waals surface area contributed by atoms with Crippen LogP contribution in [0.15, 0.2) is 328 Å². The Labute approximate surface area is 805 Å². The predicted octanol–water partition coefficient (Wildman–Crippen LogP) is 33.8. The van der Waals surface area contributed by atoms with E-state index in [9.17, 15) is 21.0 Å². The number of aromatic nitrogens is 4. The van der Waals surface area contributed by atoms with E-state index in [2.05, 4.69) is 275 Å². The first-order chi connectivity index (χ1) is 67.6. The third-order valence-corrected chi connectivity index (χ3v) is 28.5. The fourth-order valence-corrected chi connectivity index (χ4v) is 22.0. The lowest BCUT2D eigenvalue weighted by Gasteiger charge is -2.21. The number of nitrogens with zero attached hydrogens (tertiary/aromatic N) is 8. The molecule has 0 bridgehead atoms. The average Bonchev–Trinajstić information content (AvgIpc) is 1.53. The number of hydrogen-bond acceptors (Lipinski definition) is 4. The Morgan fingerprint density at radius 2 is 0.486 bits per heavy atom. The third-order valence-electron chi connectivity index (χ3n) is 28.5. The Hall–Kier alpha value is -17.3. The highest BCUT2D eigenvalue weighted by Crippen LogP contribution is 2.51. The normalized spacial score (nSPS) is 11.9. The van der Waals surface area contributed by atoms with Gasteiger partial charge >= 0.3 is 12.4 Å². The molecular weight excluding hydrogens is 1740 g/mol. The van der Waals surface area contributed by atoms with E-state index >= 15 is 26.3 Å². The van der Waals surface area contributed by atoms with Crippen LogP contribution >= 0.6 is 0 Å². The quantitative estimate of drug-likeness (QED) is 0.0951. The van der Waals surface area contributed by atoms with Crippen molar-refractivity contribution >= 4 is 87.2 Å². The second kappa shape index (κ2) is 33.9. The van der Waals surface area contributed by atoms with Crippen molar-refractivity contribution in [1.82, 2.24) is 18.3 Å². The fourth-order valence-electron chi connectivity index (χ4n) is 22.0. The van der Waals surface area contributed by atoms with Crippen molar-refractivity contribution in [3.63, 3.8) is 0 Å². The zero-order valence-electron chi connectivity index (χ0n) is 78.4. The molecule has 0 aliphatic carbocycles. The SMILES string of the molecule is Cc1ccc(-c2ccc3c(c2)c2cc(-c4ccc(CCc5ccc(-c6ccc7c8ccccc8n(-c8cc(-c9ccc(C#N)cc9C(F)(F)F)c(-n9c%10ccccc%10c%10ccc(-c%11ccc(C)cc%11C)cc%109)cc8C#N)c7c6)c(C)c5)cc4C)ccc2n3-c2cc(-c3ccc(C#N)cc3C(F)(F)F)c(-n3c4ccc(-c5ccc(C)cc5C)cc4c4cc(-c5ccc(C)cc5C)ccc43)cc2C#N)c(C)c1. The van der Waals surface area contributed by atoms with E-state index < -0.39 is 23.5 Å². The van der Waals surface area contributed by atoms with E-state index in [4.69, 9.17) is 0 Å². The highest BCUT2D eigenvalue weighted by atomic mass is 19.4. The molecule has 4 aromatic heterocycles. The van der Waals surface area contributed by atoms with E-state index in [1.807, 2.05) is 104 Å². The third kappa shape index (κ3) is 15.0. The van der Waals surface area contributed by atoms with Gasteiger partial charge in [0, 0.05) is 54.2 Å². The standard InChI is InChI=1S/C126H88F6N8/c1-71-19-35-93(75(5)49-71)85-31-45-115-105(57-85)106-60-88(32-46-116(106)137(115)119-65-109(99-41-27-83(67-133)55-111(99)125(127,128)129)123(63-91(119)69-135)138-117-47-33-86(94-36-20-72(2)50-76(94)6)58-107(117)108-59-87(34-48-118(108)138)95-37-21-73(3)51-77(95)7)97-39-25-81(53-79(97)9)23-24-82-26-40-98(80(10)54-82)90-30-43-103-101-15-11-13-17-113(101)139(121(103)61-90)120-66-110(100-42-28-84(68-134)56-112(100)126(130,131)132)124(64-92(120)70-136)140-114-18-14-12-16-102(114)104-44-29-89(62-122(104)140)96-38-22-74(4)52-78(96)8/h11-22,25-66H,23-24H2,1-10H3. The molecular formula is C126H88F6N8. The molecule has 14 heteroatoms. The zero-order chi connectivity index (χ0) is 96.9. The minimum Gasteiger partial charge on any atom is -0.309 e.